The molecule has 0 fully saturated rings. The Balaban J connectivity index is 2.17. The van der Waals surface area contributed by atoms with Gasteiger partial charge in [-0.3, -0.25) is 4.79 Å². The third-order valence-corrected chi connectivity index (χ3v) is 2.24. The highest BCUT2D eigenvalue weighted by Gasteiger charge is 2.04. The first-order valence-electron chi connectivity index (χ1n) is 4.87. The maximum atomic E-state index is 10.4. The molecule has 2 aromatic rings. The van der Waals surface area contributed by atoms with E-state index in [2.05, 4.69) is 11.9 Å². The van der Waals surface area contributed by atoms with Crippen LogP contribution in [0.4, 0.5) is 0 Å². The van der Waals surface area contributed by atoms with E-state index < -0.39 is 0 Å². The zero-order valence-electron chi connectivity index (χ0n) is 8.51. The second-order valence-corrected chi connectivity index (χ2v) is 3.25. The van der Waals surface area contributed by atoms with Crippen LogP contribution in [0.5, 0.6) is 0 Å². The molecule has 0 atom stereocenters. The second-order valence-electron chi connectivity index (χ2n) is 3.25. The summed E-state index contributed by atoms with van der Waals surface area (Å²) in [6.07, 6.45) is 5.26. The first kappa shape index (κ1) is 9.71. The number of furan rings is 1. The van der Waals surface area contributed by atoms with E-state index in [-0.39, 0.29) is 0 Å². The van der Waals surface area contributed by atoms with Gasteiger partial charge >= 0.3 is 0 Å². The summed E-state index contributed by atoms with van der Waals surface area (Å²) < 4.78 is 7.30. The van der Waals surface area contributed by atoms with E-state index >= 15 is 0 Å². The Kier molecular flexibility index (Phi) is 2.67. The third kappa shape index (κ3) is 1.98. The molecular weight excluding hydrogens is 192 g/mol. The normalized spacial score (nSPS) is 10.5. The van der Waals surface area contributed by atoms with Crippen LogP contribution in [-0.2, 0) is 13.0 Å². The second kappa shape index (κ2) is 4.13. The van der Waals surface area contributed by atoms with Crippen LogP contribution in [0.3, 0.4) is 0 Å². The van der Waals surface area contributed by atoms with Crippen molar-refractivity contribution in [3.63, 3.8) is 0 Å². The van der Waals surface area contributed by atoms with Gasteiger partial charge in [0.05, 0.1) is 6.54 Å². The van der Waals surface area contributed by atoms with Crippen LogP contribution in [0, 0.1) is 0 Å². The highest BCUT2D eigenvalue weighted by Crippen LogP contribution is 2.09. The Hall–Kier alpha value is -1.84. The van der Waals surface area contributed by atoms with Crippen molar-refractivity contribution in [1.29, 1.82) is 0 Å². The summed E-state index contributed by atoms with van der Waals surface area (Å²) in [7, 11) is 0. The molecule has 0 spiro atoms. The molecule has 0 aliphatic heterocycles. The number of aldehydes is 1. The number of hydrogen-bond acceptors (Lipinski definition) is 3. The number of imidazole rings is 1. The predicted octanol–water partition coefficient (Wildman–Crippen LogP) is 1.90. The summed E-state index contributed by atoms with van der Waals surface area (Å²) >= 11 is 0. The van der Waals surface area contributed by atoms with Crippen molar-refractivity contribution in [3.05, 3.63) is 41.9 Å². The highest BCUT2D eigenvalue weighted by molar-refractivity contribution is 5.70. The number of carbonyl (C=O) groups is 1. The maximum Gasteiger partial charge on any atom is 0.185 e. The molecule has 0 N–H and O–H groups in total. The van der Waals surface area contributed by atoms with Crippen molar-refractivity contribution in [1.82, 2.24) is 9.55 Å². The quantitative estimate of drug-likeness (QED) is 0.714. The van der Waals surface area contributed by atoms with E-state index in [1.807, 2.05) is 16.8 Å². The molecule has 2 rings (SSSR count). The SMILES string of the molecule is CCc1nccn1Cc1ccc(C=O)o1. The molecule has 0 bridgehead atoms. The highest BCUT2D eigenvalue weighted by atomic mass is 16.3. The lowest BCUT2D eigenvalue weighted by Crippen LogP contribution is -2.02. The molecule has 0 aromatic carbocycles. The molecule has 0 saturated carbocycles. The topological polar surface area (TPSA) is 48.0 Å². The van der Waals surface area contributed by atoms with Crippen molar-refractivity contribution in [2.24, 2.45) is 0 Å². The fraction of sp³-hybridized carbons (Fsp3) is 0.273. The van der Waals surface area contributed by atoms with Crippen LogP contribution in [0.1, 0.15) is 29.1 Å². The molecule has 2 aromatic heterocycles. The van der Waals surface area contributed by atoms with Crippen LogP contribution in [-0.4, -0.2) is 15.8 Å². The molecule has 0 amide bonds. The average Bonchev–Trinajstić information content (AvgIpc) is 2.87. The van der Waals surface area contributed by atoms with Crippen LogP contribution < -0.4 is 0 Å². The van der Waals surface area contributed by atoms with E-state index in [9.17, 15) is 4.79 Å². The number of aryl methyl sites for hydroxylation is 1. The van der Waals surface area contributed by atoms with Crippen LogP contribution >= 0.6 is 0 Å². The van der Waals surface area contributed by atoms with Gasteiger partial charge in [0.2, 0.25) is 0 Å². The number of hydrogen-bond donors (Lipinski definition) is 0. The average molecular weight is 204 g/mol. The lowest BCUT2D eigenvalue weighted by molar-refractivity contribution is 0.109. The predicted molar refractivity (Wildman–Crippen MR) is 54.8 cm³/mol. The van der Waals surface area contributed by atoms with Crippen molar-refractivity contribution in [2.45, 2.75) is 19.9 Å². The summed E-state index contributed by atoms with van der Waals surface area (Å²) in [5.41, 5.74) is 0. The van der Waals surface area contributed by atoms with Crippen LogP contribution in [0.15, 0.2) is 28.9 Å². The van der Waals surface area contributed by atoms with Gasteiger partial charge < -0.3 is 8.98 Å². The first-order chi connectivity index (χ1) is 7.33. The molecular formula is C11H12N2O2. The molecule has 4 nitrogen and oxygen atoms in total. The Bertz CT molecular complexity index is 457. The monoisotopic (exact) mass is 204 g/mol. The fourth-order valence-electron chi connectivity index (χ4n) is 1.51. The number of nitrogens with zero attached hydrogens (tertiary/aromatic N) is 2. The van der Waals surface area contributed by atoms with Crippen LogP contribution in [0.2, 0.25) is 0 Å². The van der Waals surface area contributed by atoms with Crippen molar-refractivity contribution >= 4 is 6.29 Å². The molecule has 0 unspecified atom stereocenters. The Morgan fingerprint density at radius 2 is 2.40 bits per heavy atom. The summed E-state index contributed by atoms with van der Waals surface area (Å²) in [4.78, 5) is 14.6. The number of carbonyl (C=O) groups excluding carboxylic acids is 1. The lowest BCUT2D eigenvalue weighted by atomic mass is 10.4. The van der Waals surface area contributed by atoms with Crippen molar-refractivity contribution in [3.8, 4) is 0 Å². The van der Waals surface area contributed by atoms with Crippen LogP contribution in [0.25, 0.3) is 0 Å². The zero-order chi connectivity index (χ0) is 10.7. The Morgan fingerprint density at radius 3 is 3.07 bits per heavy atom. The minimum atomic E-state index is 0.364. The number of rotatable bonds is 4. The minimum absolute atomic E-state index is 0.364. The summed E-state index contributed by atoms with van der Waals surface area (Å²) in [6.45, 7) is 2.68. The molecule has 2 heterocycles. The first-order valence-corrected chi connectivity index (χ1v) is 4.87. The molecule has 0 aliphatic carbocycles. The van der Waals surface area contributed by atoms with Gasteiger partial charge in [-0.1, -0.05) is 6.92 Å². The smallest absolute Gasteiger partial charge is 0.185 e. The van der Waals surface area contributed by atoms with E-state index in [1.54, 1.807) is 12.3 Å². The van der Waals surface area contributed by atoms with E-state index in [1.165, 1.54) is 0 Å². The largest absolute Gasteiger partial charge is 0.456 e. The van der Waals surface area contributed by atoms with E-state index in [0.29, 0.717) is 18.6 Å². The van der Waals surface area contributed by atoms with Gasteiger partial charge in [0.1, 0.15) is 11.6 Å². The minimum Gasteiger partial charge on any atom is -0.456 e. The molecule has 4 heteroatoms. The van der Waals surface area contributed by atoms with Gasteiger partial charge in [-0.05, 0) is 12.1 Å². The Labute approximate surface area is 87.5 Å². The third-order valence-electron chi connectivity index (χ3n) is 2.24. The van der Waals surface area contributed by atoms with Gasteiger partial charge in [-0.25, -0.2) is 4.98 Å². The van der Waals surface area contributed by atoms with Gasteiger partial charge in [-0.15, -0.1) is 0 Å². The molecule has 0 saturated heterocycles. The van der Waals surface area contributed by atoms with Gasteiger partial charge in [-0.2, -0.15) is 0 Å². The summed E-state index contributed by atoms with van der Waals surface area (Å²) in [5.74, 6) is 2.15. The standard InChI is InChI=1S/C11H12N2O2/c1-2-11-12-5-6-13(11)7-9-3-4-10(8-14)15-9/h3-6,8H,2,7H2,1H3. The lowest BCUT2D eigenvalue weighted by Gasteiger charge is -2.02. The summed E-state index contributed by atoms with van der Waals surface area (Å²) in [6, 6.07) is 3.48. The zero-order valence-corrected chi connectivity index (χ0v) is 8.51. The number of aromatic nitrogens is 2. The van der Waals surface area contributed by atoms with E-state index in [4.69, 9.17) is 4.42 Å². The van der Waals surface area contributed by atoms with Gasteiger partial charge in [0.15, 0.2) is 12.0 Å². The van der Waals surface area contributed by atoms with Gasteiger partial charge in [0.25, 0.3) is 0 Å². The maximum absolute atomic E-state index is 10.4. The van der Waals surface area contributed by atoms with Crippen molar-refractivity contribution < 1.29 is 9.21 Å². The van der Waals surface area contributed by atoms with Gasteiger partial charge in [0, 0.05) is 18.8 Å². The van der Waals surface area contributed by atoms with E-state index in [0.717, 1.165) is 18.0 Å². The Morgan fingerprint density at radius 1 is 1.53 bits per heavy atom. The van der Waals surface area contributed by atoms with Crippen molar-refractivity contribution in [2.75, 3.05) is 0 Å². The molecule has 78 valence electrons. The molecule has 15 heavy (non-hydrogen) atoms. The summed E-state index contributed by atoms with van der Waals surface area (Å²) in [5, 5.41) is 0. The molecule has 0 aliphatic rings. The fourth-order valence-corrected chi connectivity index (χ4v) is 1.51. The molecule has 0 radical (unpaired) electrons.